The van der Waals surface area contributed by atoms with Gasteiger partial charge in [-0.1, -0.05) is 17.7 Å². The molecule has 2 atom stereocenters. The van der Waals surface area contributed by atoms with Crippen molar-refractivity contribution >= 4 is 23.2 Å². The Hall–Kier alpha value is -1.95. The molecule has 1 aliphatic heterocycles. The Morgan fingerprint density at radius 1 is 1.33 bits per heavy atom. The SMILES string of the molecule is CC(OCC1CCCCO1)C(=O)N(Cc1cccnc1)c1ccc(Cl)cc1. The molecule has 0 N–H and O–H groups in total. The number of ether oxygens (including phenoxy) is 2. The first-order valence-electron chi connectivity index (χ1n) is 9.32. The molecular weight excluding hydrogens is 364 g/mol. The number of hydrogen-bond acceptors (Lipinski definition) is 4. The molecule has 2 unspecified atom stereocenters. The molecule has 1 fully saturated rings. The second kappa shape index (κ2) is 9.83. The maximum absolute atomic E-state index is 13.1. The quantitative estimate of drug-likeness (QED) is 0.711. The van der Waals surface area contributed by atoms with Crippen LogP contribution < -0.4 is 4.90 Å². The van der Waals surface area contributed by atoms with Crippen LogP contribution in [0, 0.1) is 0 Å². The Bertz CT molecular complexity index is 718. The van der Waals surface area contributed by atoms with Crippen molar-refractivity contribution in [2.24, 2.45) is 0 Å². The fraction of sp³-hybridized carbons (Fsp3) is 0.429. The lowest BCUT2D eigenvalue weighted by molar-refractivity contribution is -0.133. The van der Waals surface area contributed by atoms with Crippen molar-refractivity contribution in [2.45, 2.75) is 44.9 Å². The van der Waals surface area contributed by atoms with Crippen molar-refractivity contribution in [1.82, 2.24) is 4.98 Å². The molecule has 0 bridgehead atoms. The zero-order chi connectivity index (χ0) is 19.1. The van der Waals surface area contributed by atoms with E-state index in [1.165, 1.54) is 0 Å². The molecule has 27 heavy (non-hydrogen) atoms. The van der Waals surface area contributed by atoms with Crippen LogP contribution in [0.25, 0.3) is 0 Å². The van der Waals surface area contributed by atoms with Gasteiger partial charge in [0.2, 0.25) is 0 Å². The molecule has 0 radical (unpaired) electrons. The van der Waals surface area contributed by atoms with Gasteiger partial charge in [0.25, 0.3) is 5.91 Å². The number of rotatable bonds is 7. The Kier molecular flexibility index (Phi) is 7.21. The van der Waals surface area contributed by atoms with Crippen LogP contribution in [0.3, 0.4) is 0 Å². The lowest BCUT2D eigenvalue weighted by Gasteiger charge is -2.28. The number of hydrogen-bond donors (Lipinski definition) is 0. The fourth-order valence-electron chi connectivity index (χ4n) is 3.07. The third-order valence-electron chi connectivity index (χ3n) is 4.62. The van der Waals surface area contributed by atoms with Crippen LogP contribution in [0.4, 0.5) is 5.69 Å². The predicted molar refractivity (Wildman–Crippen MR) is 106 cm³/mol. The average Bonchev–Trinajstić information content (AvgIpc) is 2.72. The van der Waals surface area contributed by atoms with E-state index >= 15 is 0 Å². The van der Waals surface area contributed by atoms with Crippen molar-refractivity contribution in [3.8, 4) is 0 Å². The number of carbonyl (C=O) groups excluding carboxylic acids is 1. The van der Waals surface area contributed by atoms with Gasteiger partial charge in [-0.05, 0) is 62.1 Å². The van der Waals surface area contributed by atoms with Crippen molar-refractivity contribution in [2.75, 3.05) is 18.1 Å². The van der Waals surface area contributed by atoms with Gasteiger partial charge in [0.1, 0.15) is 6.10 Å². The van der Waals surface area contributed by atoms with Crippen molar-refractivity contribution in [1.29, 1.82) is 0 Å². The Morgan fingerprint density at radius 2 is 2.15 bits per heavy atom. The summed E-state index contributed by atoms with van der Waals surface area (Å²) in [7, 11) is 0. The van der Waals surface area contributed by atoms with Gasteiger partial charge in [0, 0.05) is 29.7 Å². The van der Waals surface area contributed by atoms with Crippen LogP contribution in [0.1, 0.15) is 31.7 Å². The first-order valence-corrected chi connectivity index (χ1v) is 9.70. The van der Waals surface area contributed by atoms with Crippen molar-refractivity contribution < 1.29 is 14.3 Å². The van der Waals surface area contributed by atoms with Gasteiger partial charge in [-0.25, -0.2) is 0 Å². The molecule has 3 rings (SSSR count). The van der Waals surface area contributed by atoms with E-state index in [0.29, 0.717) is 18.2 Å². The summed E-state index contributed by atoms with van der Waals surface area (Å²) in [6, 6.07) is 11.1. The van der Waals surface area contributed by atoms with Gasteiger partial charge < -0.3 is 14.4 Å². The van der Waals surface area contributed by atoms with E-state index in [4.69, 9.17) is 21.1 Å². The number of anilines is 1. The van der Waals surface area contributed by atoms with E-state index < -0.39 is 6.10 Å². The minimum absolute atomic E-state index is 0.0799. The number of nitrogens with zero attached hydrogens (tertiary/aromatic N) is 2. The summed E-state index contributed by atoms with van der Waals surface area (Å²) in [5, 5.41) is 0.631. The first-order chi connectivity index (χ1) is 13.1. The molecule has 2 heterocycles. The van der Waals surface area contributed by atoms with Gasteiger partial charge in [0.05, 0.1) is 19.3 Å². The first kappa shape index (κ1) is 19.8. The molecule has 0 spiro atoms. The summed E-state index contributed by atoms with van der Waals surface area (Å²) >= 11 is 6.00. The second-order valence-electron chi connectivity index (χ2n) is 6.73. The molecule has 6 heteroatoms. The fourth-order valence-corrected chi connectivity index (χ4v) is 3.20. The molecule has 1 saturated heterocycles. The number of carbonyl (C=O) groups is 1. The summed E-state index contributed by atoms with van der Waals surface area (Å²) < 4.78 is 11.5. The van der Waals surface area contributed by atoms with Gasteiger partial charge in [-0.2, -0.15) is 0 Å². The molecule has 1 aromatic heterocycles. The number of aromatic nitrogens is 1. The normalized spacial score (nSPS) is 18.1. The van der Waals surface area contributed by atoms with E-state index in [0.717, 1.165) is 37.1 Å². The lowest BCUT2D eigenvalue weighted by atomic mass is 10.1. The maximum atomic E-state index is 13.1. The molecule has 1 aliphatic rings. The molecule has 5 nitrogen and oxygen atoms in total. The van der Waals surface area contributed by atoms with E-state index in [-0.39, 0.29) is 12.0 Å². The molecule has 144 valence electrons. The summed E-state index contributed by atoms with van der Waals surface area (Å²) in [5.74, 6) is -0.100. The van der Waals surface area contributed by atoms with Crippen LogP contribution in [-0.4, -0.2) is 36.3 Å². The highest BCUT2D eigenvalue weighted by molar-refractivity contribution is 6.30. The van der Waals surface area contributed by atoms with Crippen LogP contribution in [0.2, 0.25) is 5.02 Å². The number of amides is 1. The standard InChI is InChI=1S/C21H25ClN2O3/c1-16(27-15-20-6-2-3-12-26-20)21(25)24(14-17-5-4-11-23-13-17)19-9-7-18(22)8-10-19/h4-5,7-11,13,16,20H,2-3,6,12,14-15H2,1H3. The van der Waals surface area contributed by atoms with Gasteiger partial charge >= 0.3 is 0 Å². The smallest absolute Gasteiger partial charge is 0.256 e. The van der Waals surface area contributed by atoms with Gasteiger partial charge in [0.15, 0.2) is 0 Å². The zero-order valence-electron chi connectivity index (χ0n) is 15.5. The lowest BCUT2D eigenvalue weighted by Crippen LogP contribution is -2.40. The molecule has 2 aromatic rings. The van der Waals surface area contributed by atoms with Crippen molar-refractivity contribution in [3.63, 3.8) is 0 Å². The van der Waals surface area contributed by atoms with Crippen LogP contribution in [0.15, 0.2) is 48.8 Å². The third kappa shape index (κ3) is 5.76. The van der Waals surface area contributed by atoms with E-state index in [9.17, 15) is 4.79 Å². The maximum Gasteiger partial charge on any atom is 0.256 e. The zero-order valence-corrected chi connectivity index (χ0v) is 16.3. The molecule has 0 saturated carbocycles. The molecular formula is C21H25ClN2O3. The molecule has 1 amide bonds. The Morgan fingerprint density at radius 3 is 2.81 bits per heavy atom. The highest BCUT2D eigenvalue weighted by atomic mass is 35.5. The monoisotopic (exact) mass is 388 g/mol. The van der Waals surface area contributed by atoms with Gasteiger partial charge in [-0.15, -0.1) is 0 Å². The summed E-state index contributed by atoms with van der Waals surface area (Å²) in [4.78, 5) is 19.0. The van der Waals surface area contributed by atoms with E-state index in [1.54, 1.807) is 36.4 Å². The molecule has 0 aliphatic carbocycles. The Balaban J connectivity index is 1.70. The summed E-state index contributed by atoms with van der Waals surface area (Å²) in [6.07, 6.45) is 6.22. The van der Waals surface area contributed by atoms with E-state index in [2.05, 4.69) is 4.98 Å². The van der Waals surface area contributed by atoms with Crippen LogP contribution in [0.5, 0.6) is 0 Å². The van der Waals surface area contributed by atoms with Gasteiger partial charge in [-0.3, -0.25) is 9.78 Å². The minimum Gasteiger partial charge on any atom is -0.376 e. The third-order valence-corrected chi connectivity index (χ3v) is 4.87. The van der Waals surface area contributed by atoms with Crippen molar-refractivity contribution in [3.05, 3.63) is 59.4 Å². The van der Waals surface area contributed by atoms with Crippen LogP contribution >= 0.6 is 11.6 Å². The highest BCUT2D eigenvalue weighted by Crippen LogP contribution is 2.22. The highest BCUT2D eigenvalue weighted by Gasteiger charge is 2.25. The topological polar surface area (TPSA) is 51.7 Å². The Labute approximate surface area is 165 Å². The largest absolute Gasteiger partial charge is 0.376 e. The average molecular weight is 389 g/mol. The van der Waals surface area contributed by atoms with E-state index in [1.807, 2.05) is 24.3 Å². The number of pyridine rings is 1. The van der Waals surface area contributed by atoms with Crippen LogP contribution in [-0.2, 0) is 20.8 Å². The number of benzene rings is 1. The molecule has 1 aromatic carbocycles. The number of halogens is 1. The minimum atomic E-state index is -0.567. The predicted octanol–water partition coefficient (Wildman–Crippen LogP) is 4.24. The second-order valence-corrected chi connectivity index (χ2v) is 7.16. The summed E-state index contributed by atoms with van der Waals surface area (Å²) in [5.41, 5.74) is 1.72. The summed E-state index contributed by atoms with van der Waals surface area (Å²) in [6.45, 7) is 3.42.